The minimum Gasteiger partial charge on any atom is -0.392 e. The SMILES string of the molecule is CC1CC(C)CC(NC(=O)C2(C(N)=S)CCC2)C1. The van der Waals surface area contributed by atoms with Gasteiger partial charge in [-0.05, 0) is 43.9 Å². The summed E-state index contributed by atoms with van der Waals surface area (Å²) in [6, 6.07) is 0.308. The standard InChI is InChI=1S/C14H24N2OS/c1-9-6-10(2)8-11(7-9)16-13(17)14(12(15)18)4-3-5-14/h9-11H,3-8H2,1-2H3,(H2,15,18)(H,16,17). The van der Waals surface area contributed by atoms with E-state index in [4.69, 9.17) is 18.0 Å². The van der Waals surface area contributed by atoms with Gasteiger partial charge in [-0.25, -0.2) is 0 Å². The molecule has 0 heterocycles. The summed E-state index contributed by atoms with van der Waals surface area (Å²) in [4.78, 5) is 12.8. The second-order valence-corrected chi connectivity index (χ2v) is 6.83. The largest absolute Gasteiger partial charge is 0.392 e. The Hall–Kier alpha value is -0.640. The molecule has 3 N–H and O–H groups in total. The zero-order valence-electron chi connectivity index (χ0n) is 11.4. The van der Waals surface area contributed by atoms with Crippen molar-refractivity contribution in [1.82, 2.24) is 5.32 Å². The third kappa shape index (κ3) is 2.53. The predicted molar refractivity (Wildman–Crippen MR) is 77.2 cm³/mol. The monoisotopic (exact) mass is 268 g/mol. The number of rotatable bonds is 3. The van der Waals surface area contributed by atoms with Gasteiger partial charge >= 0.3 is 0 Å². The van der Waals surface area contributed by atoms with Crippen LogP contribution in [0.2, 0.25) is 0 Å². The maximum atomic E-state index is 12.4. The van der Waals surface area contributed by atoms with Crippen molar-refractivity contribution in [2.45, 2.75) is 58.4 Å². The highest BCUT2D eigenvalue weighted by atomic mass is 32.1. The van der Waals surface area contributed by atoms with Crippen LogP contribution in [0.15, 0.2) is 0 Å². The number of carbonyl (C=O) groups excluding carboxylic acids is 1. The molecule has 2 atom stereocenters. The lowest BCUT2D eigenvalue weighted by Gasteiger charge is -2.41. The summed E-state index contributed by atoms with van der Waals surface area (Å²) in [6.45, 7) is 4.53. The molecule has 1 amide bonds. The quantitative estimate of drug-likeness (QED) is 0.773. The molecule has 18 heavy (non-hydrogen) atoms. The Kier molecular flexibility index (Phi) is 3.95. The summed E-state index contributed by atoms with van der Waals surface area (Å²) in [5.74, 6) is 1.47. The molecule has 2 aliphatic rings. The van der Waals surface area contributed by atoms with Gasteiger partial charge in [0, 0.05) is 6.04 Å². The molecule has 0 aromatic heterocycles. The van der Waals surface area contributed by atoms with Crippen molar-refractivity contribution < 1.29 is 4.79 Å². The van der Waals surface area contributed by atoms with Gasteiger partial charge in [-0.3, -0.25) is 4.79 Å². The normalized spacial score (nSPS) is 34.4. The van der Waals surface area contributed by atoms with Crippen molar-refractivity contribution in [2.24, 2.45) is 23.0 Å². The first-order valence-electron chi connectivity index (χ1n) is 7.05. The van der Waals surface area contributed by atoms with Crippen LogP contribution in [-0.2, 0) is 4.79 Å². The highest BCUT2D eigenvalue weighted by molar-refractivity contribution is 7.80. The van der Waals surface area contributed by atoms with Crippen molar-refractivity contribution in [3.63, 3.8) is 0 Å². The number of carbonyl (C=O) groups is 1. The second kappa shape index (κ2) is 5.16. The van der Waals surface area contributed by atoms with Crippen molar-refractivity contribution in [1.29, 1.82) is 0 Å². The fourth-order valence-electron chi connectivity index (χ4n) is 3.50. The van der Waals surface area contributed by atoms with Gasteiger partial charge in [-0.1, -0.05) is 32.5 Å². The maximum Gasteiger partial charge on any atom is 0.233 e. The molecule has 2 aliphatic carbocycles. The molecule has 2 unspecified atom stereocenters. The molecule has 2 fully saturated rings. The fraction of sp³-hybridized carbons (Fsp3) is 0.857. The lowest BCUT2D eigenvalue weighted by atomic mass is 9.67. The third-order valence-electron chi connectivity index (χ3n) is 4.63. The molecule has 0 bridgehead atoms. The van der Waals surface area contributed by atoms with Crippen LogP contribution in [0.4, 0.5) is 0 Å². The van der Waals surface area contributed by atoms with Gasteiger partial charge in [0.15, 0.2) is 0 Å². The van der Waals surface area contributed by atoms with Gasteiger partial charge < -0.3 is 11.1 Å². The lowest BCUT2D eigenvalue weighted by Crippen LogP contribution is -2.55. The second-order valence-electron chi connectivity index (χ2n) is 6.39. The molecular formula is C14H24N2OS. The first-order valence-corrected chi connectivity index (χ1v) is 7.46. The Morgan fingerprint density at radius 2 is 1.78 bits per heavy atom. The molecule has 0 aliphatic heterocycles. The average molecular weight is 268 g/mol. The van der Waals surface area contributed by atoms with Crippen LogP contribution in [0.5, 0.6) is 0 Å². The Balaban J connectivity index is 1.96. The minimum absolute atomic E-state index is 0.0764. The number of thiocarbonyl (C=S) groups is 1. The predicted octanol–water partition coefficient (Wildman–Crippen LogP) is 2.38. The number of hydrogen-bond donors (Lipinski definition) is 2. The molecule has 102 valence electrons. The maximum absolute atomic E-state index is 12.4. The Bertz CT molecular complexity index is 342. The number of hydrogen-bond acceptors (Lipinski definition) is 2. The molecule has 2 saturated carbocycles. The van der Waals surface area contributed by atoms with Gasteiger partial charge in [0.05, 0.1) is 10.4 Å². The minimum atomic E-state index is -0.529. The van der Waals surface area contributed by atoms with E-state index >= 15 is 0 Å². The van der Waals surface area contributed by atoms with E-state index in [2.05, 4.69) is 19.2 Å². The molecule has 0 aromatic carbocycles. The van der Waals surface area contributed by atoms with Crippen LogP contribution in [0, 0.1) is 17.3 Å². The Labute approximate surface area is 115 Å². The van der Waals surface area contributed by atoms with Crippen LogP contribution in [-0.4, -0.2) is 16.9 Å². The lowest BCUT2D eigenvalue weighted by molar-refractivity contribution is -0.132. The zero-order chi connectivity index (χ0) is 13.3. The molecule has 0 aromatic rings. The zero-order valence-corrected chi connectivity index (χ0v) is 12.2. The van der Waals surface area contributed by atoms with Gasteiger partial charge in [0.1, 0.15) is 0 Å². The first-order chi connectivity index (χ1) is 8.44. The molecule has 0 spiro atoms. The van der Waals surface area contributed by atoms with Crippen LogP contribution < -0.4 is 11.1 Å². The van der Waals surface area contributed by atoms with Crippen molar-refractivity contribution >= 4 is 23.1 Å². The van der Waals surface area contributed by atoms with Gasteiger partial charge in [0.2, 0.25) is 5.91 Å². The summed E-state index contributed by atoms with van der Waals surface area (Å²) in [7, 11) is 0. The average Bonchev–Trinajstić information content (AvgIpc) is 2.11. The van der Waals surface area contributed by atoms with Crippen LogP contribution in [0.25, 0.3) is 0 Å². The molecular weight excluding hydrogens is 244 g/mol. The third-order valence-corrected chi connectivity index (χ3v) is 5.02. The molecule has 2 rings (SSSR count). The molecule has 3 nitrogen and oxygen atoms in total. The Morgan fingerprint density at radius 3 is 2.17 bits per heavy atom. The summed E-state index contributed by atoms with van der Waals surface area (Å²) in [5.41, 5.74) is 5.24. The van der Waals surface area contributed by atoms with Gasteiger partial charge in [0.25, 0.3) is 0 Å². The van der Waals surface area contributed by atoms with Crippen molar-refractivity contribution in [3.05, 3.63) is 0 Å². The van der Waals surface area contributed by atoms with E-state index in [9.17, 15) is 4.79 Å². The van der Waals surface area contributed by atoms with Crippen LogP contribution in [0.1, 0.15) is 52.4 Å². The summed E-state index contributed by atoms with van der Waals surface area (Å²) < 4.78 is 0. The van der Waals surface area contributed by atoms with E-state index in [-0.39, 0.29) is 5.91 Å². The van der Waals surface area contributed by atoms with E-state index in [1.165, 1.54) is 6.42 Å². The fourth-order valence-corrected chi connectivity index (χ4v) is 3.80. The number of nitrogens with one attached hydrogen (secondary N) is 1. The van der Waals surface area contributed by atoms with Crippen molar-refractivity contribution in [3.8, 4) is 0 Å². The van der Waals surface area contributed by atoms with E-state index in [1.54, 1.807) is 0 Å². The van der Waals surface area contributed by atoms with E-state index in [0.29, 0.717) is 22.9 Å². The number of amides is 1. The van der Waals surface area contributed by atoms with Crippen LogP contribution >= 0.6 is 12.2 Å². The van der Waals surface area contributed by atoms with Crippen LogP contribution in [0.3, 0.4) is 0 Å². The summed E-state index contributed by atoms with van der Waals surface area (Å²) in [5, 5.41) is 3.20. The Morgan fingerprint density at radius 1 is 1.22 bits per heavy atom. The number of nitrogens with two attached hydrogens (primary N) is 1. The van der Waals surface area contributed by atoms with E-state index in [0.717, 1.165) is 32.1 Å². The molecule has 4 heteroatoms. The molecule has 0 radical (unpaired) electrons. The highest BCUT2D eigenvalue weighted by Crippen LogP contribution is 2.42. The van der Waals surface area contributed by atoms with Gasteiger partial charge in [-0.15, -0.1) is 0 Å². The summed E-state index contributed by atoms with van der Waals surface area (Å²) in [6.07, 6.45) is 6.15. The topological polar surface area (TPSA) is 55.1 Å². The first kappa shape index (κ1) is 13.8. The molecule has 0 saturated heterocycles. The summed E-state index contributed by atoms with van der Waals surface area (Å²) >= 11 is 5.09. The van der Waals surface area contributed by atoms with E-state index in [1.807, 2.05) is 0 Å². The van der Waals surface area contributed by atoms with Crippen molar-refractivity contribution in [2.75, 3.05) is 0 Å². The van der Waals surface area contributed by atoms with Gasteiger partial charge in [-0.2, -0.15) is 0 Å². The van der Waals surface area contributed by atoms with E-state index < -0.39 is 5.41 Å². The smallest absolute Gasteiger partial charge is 0.233 e. The highest BCUT2D eigenvalue weighted by Gasteiger charge is 2.47.